The lowest BCUT2D eigenvalue weighted by Crippen LogP contribution is -2.33. The molecule has 2 N–H and O–H groups in total. The number of rotatable bonds is 4. The third kappa shape index (κ3) is 2.56. The van der Waals surface area contributed by atoms with Gasteiger partial charge in [0.2, 0.25) is 0 Å². The highest BCUT2D eigenvalue weighted by atomic mass is 15.2. The number of hydrogen-bond acceptors (Lipinski definition) is 3. The molecule has 0 saturated heterocycles. The fraction of sp³-hybridized carbons (Fsp3) is 0.438. The van der Waals surface area contributed by atoms with E-state index >= 15 is 0 Å². The fourth-order valence-corrected chi connectivity index (χ4v) is 2.32. The minimum atomic E-state index is 0.444. The Labute approximate surface area is 115 Å². The Balaban J connectivity index is 2.56. The van der Waals surface area contributed by atoms with Gasteiger partial charge >= 0.3 is 0 Å². The summed E-state index contributed by atoms with van der Waals surface area (Å²) in [5, 5.41) is 2.39. The first-order chi connectivity index (χ1) is 9.06. The number of nitrogens with two attached hydrogens (primary N) is 1. The van der Waals surface area contributed by atoms with E-state index in [1.807, 2.05) is 6.20 Å². The first-order valence-corrected chi connectivity index (χ1v) is 6.85. The zero-order chi connectivity index (χ0) is 14.0. The summed E-state index contributed by atoms with van der Waals surface area (Å²) in [5.74, 6) is 1.62. The molecular formula is C16H23N3. The highest BCUT2D eigenvalue weighted by molar-refractivity contribution is 5.94. The Hall–Kier alpha value is -1.61. The predicted molar refractivity (Wildman–Crippen MR) is 82.3 cm³/mol. The summed E-state index contributed by atoms with van der Waals surface area (Å²) < 4.78 is 0. The number of hydrogen-bond donors (Lipinski definition) is 1. The summed E-state index contributed by atoms with van der Waals surface area (Å²) >= 11 is 0. The maximum atomic E-state index is 5.80. The van der Waals surface area contributed by atoms with E-state index in [1.165, 1.54) is 10.8 Å². The molecule has 1 aromatic carbocycles. The monoisotopic (exact) mass is 257 g/mol. The van der Waals surface area contributed by atoms with Gasteiger partial charge in [0.15, 0.2) is 0 Å². The fourth-order valence-electron chi connectivity index (χ4n) is 2.32. The second-order valence-electron chi connectivity index (χ2n) is 5.45. The molecule has 0 saturated carbocycles. The van der Waals surface area contributed by atoms with Crippen LogP contribution in [0.25, 0.3) is 10.8 Å². The molecule has 0 radical (unpaired) electrons. The largest absolute Gasteiger partial charge is 0.356 e. The predicted octanol–water partition coefficient (Wildman–Crippen LogP) is 3.17. The van der Waals surface area contributed by atoms with Crippen LogP contribution in [-0.4, -0.2) is 18.1 Å². The second kappa shape index (κ2) is 5.57. The van der Waals surface area contributed by atoms with Crippen LogP contribution in [0.3, 0.4) is 0 Å². The van der Waals surface area contributed by atoms with Gasteiger partial charge in [-0.2, -0.15) is 0 Å². The zero-order valence-electron chi connectivity index (χ0n) is 12.2. The molecule has 102 valence electrons. The molecule has 3 nitrogen and oxygen atoms in total. The topological polar surface area (TPSA) is 42.2 Å². The van der Waals surface area contributed by atoms with Crippen molar-refractivity contribution in [3.05, 3.63) is 36.0 Å². The van der Waals surface area contributed by atoms with Crippen molar-refractivity contribution in [3.8, 4) is 0 Å². The van der Waals surface area contributed by atoms with E-state index in [0.29, 0.717) is 18.5 Å². The molecule has 0 bridgehead atoms. The van der Waals surface area contributed by atoms with Crippen molar-refractivity contribution < 1.29 is 0 Å². The number of anilines is 1. The van der Waals surface area contributed by atoms with Gasteiger partial charge in [0, 0.05) is 31.2 Å². The lowest BCUT2D eigenvalue weighted by atomic mass is 10.0. The van der Waals surface area contributed by atoms with Crippen LogP contribution in [0.4, 0.5) is 5.82 Å². The van der Waals surface area contributed by atoms with Gasteiger partial charge in [-0.25, -0.2) is 4.98 Å². The SMILES string of the molecule is CC(C)C(C)N(C)c1ncc(CN)c2ccccc12. The van der Waals surface area contributed by atoms with Gasteiger partial charge in [-0.3, -0.25) is 0 Å². The first-order valence-electron chi connectivity index (χ1n) is 6.85. The Morgan fingerprint density at radius 3 is 2.37 bits per heavy atom. The van der Waals surface area contributed by atoms with E-state index in [-0.39, 0.29) is 0 Å². The van der Waals surface area contributed by atoms with Crippen molar-refractivity contribution in [2.24, 2.45) is 11.7 Å². The molecule has 3 heteroatoms. The number of nitrogens with zero attached hydrogens (tertiary/aromatic N) is 2. The molecule has 1 aromatic heterocycles. The average molecular weight is 257 g/mol. The summed E-state index contributed by atoms with van der Waals surface area (Å²) in [7, 11) is 2.11. The highest BCUT2D eigenvalue weighted by Crippen LogP contribution is 2.28. The van der Waals surface area contributed by atoms with Crippen LogP contribution in [0.5, 0.6) is 0 Å². The number of benzene rings is 1. The summed E-state index contributed by atoms with van der Waals surface area (Å²) in [4.78, 5) is 6.88. The van der Waals surface area contributed by atoms with Gasteiger partial charge < -0.3 is 10.6 Å². The van der Waals surface area contributed by atoms with E-state index in [1.54, 1.807) is 0 Å². The van der Waals surface area contributed by atoms with Gasteiger partial charge in [0.25, 0.3) is 0 Å². The van der Waals surface area contributed by atoms with E-state index in [4.69, 9.17) is 5.73 Å². The number of fused-ring (bicyclic) bond motifs is 1. The van der Waals surface area contributed by atoms with Crippen molar-refractivity contribution >= 4 is 16.6 Å². The Morgan fingerprint density at radius 2 is 1.79 bits per heavy atom. The lowest BCUT2D eigenvalue weighted by Gasteiger charge is -2.30. The van der Waals surface area contributed by atoms with Crippen LogP contribution in [0.2, 0.25) is 0 Å². The van der Waals surface area contributed by atoms with Crippen LogP contribution in [0.15, 0.2) is 30.5 Å². The third-order valence-corrected chi connectivity index (χ3v) is 3.99. The molecule has 1 unspecified atom stereocenters. The molecule has 0 amide bonds. The normalized spacial score (nSPS) is 12.9. The summed E-state index contributed by atoms with van der Waals surface area (Å²) in [6, 6.07) is 8.80. The van der Waals surface area contributed by atoms with Crippen LogP contribution >= 0.6 is 0 Å². The molecular weight excluding hydrogens is 234 g/mol. The summed E-state index contributed by atoms with van der Waals surface area (Å²) in [6.45, 7) is 7.23. The Bertz CT molecular complexity index is 563. The van der Waals surface area contributed by atoms with Crippen molar-refractivity contribution in [2.45, 2.75) is 33.4 Å². The Kier molecular flexibility index (Phi) is 4.05. The van der Waals surface area contributed by atoms with Crippen molar-refractivity contribution in [2.75, 3.05) is 11.9 Å². The van der Waals surface area contributed by atoms with Gasteiger partial charge in [-0.1, -0.05) is 38.1 Å². The maximum absolute atomic E-state index is 5.80. The van der Waals surface area contributed by atoms with Crippen molar-refractivity contribution in [1.29, 1.82) is 0 Å². The standard InChI is InChI=1S/C16H23N3/c1-11(2)12(3)19(4)16-15-8-6-5-7-14(15)13(9-17)10-18-16/h5-8,10-12H,9,17H2,1-4H3. The van der Waals surface area contributed by atoms with Gasteiger partial charge in [-0.05, 0) is 23.8 Å². The minimum absolute atomic E-state index is 0.444. The maximum Gasteiger partial charge on any atom is 0.136 e. The third-order valence-electron chi connectivity index (χ3n) is 3.99. The smallest absolute Gasteiger partial charge is 0.136 e. The molecule has 0 aliphatic rings. The molecule has 0 fully saturated rings. The second-order valence-corrected chi connectivity index (χ2v) is 5.45. The zero-order valence-corrected chi connectivity index (χ0v) is 12.2. The average Bonchev–Trinajstić information content (AvgIpc) is 2.44. The lowest BCUT2D eigenvalue weighted by molar-refractivity contribution is 0.503. The molecule has 19 heavy (non-hydrogen) atoms. The molecule has 1 heterocycles. The van der Waals surface area contributed by atoms with Gasteiger partial charge in [0.05, 0.1) is 0 Å². The molecule has 2 aromatic rings. The molecule has 0 aliphatic heterocycles. The Morgan fingerprint density at radius 1 is 1.16 bits per heavy atom. The molecule has 2 rings (SSSR count). The van der Waals surface area contributed by atoms with Gasteiger partial charge in [-0.15, -0.1) is 0 Å². The van der Waals surface area contributed by atoms with Crippen LogP contribution in [-0.2, 0) is 6.54 Å². The molecule has 1 atom stereocenters. The van der Waals surface area contributed by atoms with Crippen LogP contribution in [0, 0.1) is 5.92 Å². The quantitative estimate of drug-likeness (QED) is 0.914. The van der Waals surface area contributed by atoms with E-state index in [0.717, 1.165) is 11.4 Å². The van der Waals surface area contributed by atoms with Gasteiger partial charge in [0.1, 0.15) is 5.82 Å². The highest BCUT2D eigenvalue weighted by Gasteiger charge is 2.17. The van der Waals surface area contributed by atoms with E-state index in [9.17, 15) is 0 Å². The van der Waals surface area contributed by atoms with E-state index in [2.05, 4.69) is 62.0 Å². The molecule has 0 spiro atoms. The summed E-state index contributed by atoms with van der Waals surface area (Å²) in [6.07, 6.45) is 1.90. The van der Waals surface area contributed by atoms with Crippen LogP contribution in [0.1, 0.15) is 26.3 Å². The van der Waals surface area contributed by atoms with Crippen molar-refractivity contribution in [3.63, 3.8) is 0 Å². The number of aromatic nitrogens is 1. The van der Waals surface area contributed by atoms with Crippen LogP contribution < -0.4 is 10.6 Å². The minimum Gasteiger partial charge on any atom is -0.356 e. The number of pyridine rings is 1. The summed E-state index contributed by atoms with van der Waals surface area (Å²) in [5.41, 5.74) is 6.90. The molecule has 0 aliphatic carbocycles. The van der Waals surface area contributed by atoms with E-state index < -0.39 is 0 Å². The first kappa shape index (κ1) is 13.8. The van der Waals surface area contributed by atoms with Crippen molar-refractivity contribution in [1.82, 2.24) is 4.98 Å².